The third-order valence-electron chi connectivity index (χ3n) is 11.6. The molecule has 3 aliphatic carbocycles. The van der Waals surface area contributed by atoms with Gasteiger partial charge in [-0.25, -0.2) is 14.4 Å². The largest absolute Gasteiger partial charge is 0.456 e. The molecule has 52 heavy (non-hydrogen) atoms. The molecular formula is C38H49NO13. The second-order valence-electron chi connectivity index (χ2n) is 15.3. The number of carbonyl (C=O) groups is 4. The molecule has 284 valence electrons. The number of Topliss-reactive ketones (excluding diaryl/α,β-unsaturated/α-hetero) is 1. The van der Waals surface area contributed by atoms with Crippen LogP contribution in [0.15, 0.2) is 65.8 Å². The van der Waals surface area contributed by atoms with Crippen LogP contribution in [0.2, 0.25) is 0 Å². The average Bonchev–Trinajstić information content (AvgIpc) is 3.08. The van der Waals surface area contributed by atoms with Gasteiger partial charge in [-0.15, -0.1) is 0 Å². The van der Waals surface area contributed by atoms with Crippen LogP contribution in [-0.4, -0.2) is 116 Å². The van der Waals surface area contributed by atoms with E-state index in [1.54, 1.807) is 45.9 Å². The highest BCUT2D eigenvalue weighted by atomic mass is 16.6. The molecule has 1 amide bonds. The molecule has 11 atom stereocenters. The lowest BCUT2D eigenvalue weighted by atomic mass is 9.44. The SMILES string of the molecule is C=CCOC(=O)N[C@@H](C=C(C)C)[C@@H](O)C(=O)OC1C[C@@]2(O)[C@@H](OC(=O)c3ccccc3)[C@@H]3[C@]4(O)CO[C@@H]4C[C@H](O)[C@@]3(C)C(=O)[C@H](O)C(=C1C)C2(C)C. The Balaban J connectivity index is 1.63. The Morgan fingerprint density at radius 1 is 1.10 bits per heavy atom. The van der Waals surface area contributed by atoms with Crippen molar-refractivity contribution in [2.45, 2.75) is 108 Å². The van der Waals surface area contributed by atoms with Gasteiger partial charge in [0, 0.05) is 24.2 Å². The Kier molecular flexibility index (Phi) is 10.7. The molecule has 1 aromatic carbocycles. The number of fused-ring (bicyclic) bond motifs is 5. The zero-order valence-electron chi connectivity index (χ0n) is 30.2. The van der Waals surface area contributed by atoms with E-state index in [1.165, 1.54) is 38.1 Å². The molecular weight excluding hydrogens is 678 g/mol. The Morgan fingerprint density at radius 2 is 1.75 bits per heavy atom. The minimum atomic E-state index is -2.30. The highest BCUT2D eigenvalue weighted by Gasteiger charge is 2.76. The summed E-state index contributed by atoms with van der Waals surface area (Å²) in [5.74, 6) is -4.54. The monoisotopic (exact) mass is 727 g/mol. The van der Waals surface area contributed by atoms with Crippen LogP contribution in [-0.2, 0) is 28.5 Å². The maximum Gasteiger partial charge on any atom is 0.408 e. The van der Waals surface area contributed by atoms with Crippen molar-refractivity contribution < 1.29 is 63.7 Å². The number of amides is 1. The van der Waals surface area contributed by atoms with Crippen LogP contribution >= 0.6 is 0 Å². The lowest BCUT2D eigenvalue weighted by molar-refractivity contribution is -0.343. The van der Waals surface area contributed by atoms with Crippen molar-refractivity contribution in [1.82, 2.24) is 5.32 Å². The summed E-state index contributed by atoms with van der Waals surface area (Å²) in [6.07, 6.45) is -8.45. The first kappa shape index (κ1) is 39.3. The van der Waals surface area contributed by atoms with Crippen molar-refractivity contribution in [3.63, 3.8) is 0 Å². The van der Waals surface area contributed by atoms with E-state index in [-0.39, 0.29) is 36.3 Å². The van der Waals surface area contributed by atoms with Crippen molar-refractivity contribution in [3.05, 3.63) is 71.3 Å². The Morgan fingerprint density at radius 3 is 2.33 bits per heavy atom. The first-order valence-corrected chi connectivity index (χ1v) is 17.3. The molecule has 0 radical (unpaired) electrons. The van der Waals surface area contributed by atoms with E-state index in [0.29, 0.717) is 5.57 Å². The van der Waals surface area contributed by atoms with E-state index in [2.05, 4.69) is 11.9 Å². The van der Waals surface area contributed by atoms with E-state index in [0.717, 1.165) is 0 Å². The molecule has 1 aliphatic heterocycles. The first-order chi connectivity index (χ1) is 24.2. The number of alkyl carbamates (subject to hydrolysis) is 1. The van der Waals surface area contributed by atoms with E-state index < -0.39 is 101 Å². The normalized spacial score (nSPS) is 35.9. The van der Waals surface area contributed by atoms with Gasteiger partial charge in [0.05, 0.1) is 35.8 Å². The van der Waals surface area contributed by atoms with Crippen molar-refractivity contribution in [2.24, 2.45) is 16.7 Å². The topological polar surface area (TPSA) is 218 Å². The molecule has 4 aliphatic rings. The van der Waals surface area contributed by atoms with Crippen LogP contribution in [0.25, 0.3) is 0 Å². The number of rotatable bonds is 9. The van der Waals surface area contributed by atoms with Crippen molar-refractivity contribution in [2.75, 3.05) is 13.2 Å². The van der Waals surface area contributed by atoms with Gasteiger partial charge in [-0.1, -0.05) is 56.4 Å². The minimum Gasteiger partial charge on any atom is -0.456 e. The van der Waals surface area contributed by atoms with Crippen molar-refractivity contribution in [1.29, 1.82) is 0 Å². The van der Waals surface area contributed by atoms with E-state index in [9.17, 15) is 44.7 Å². The first-order valence-electron chi connectivity index (χ1n) is 17.3. The molecule has 14 nitrogen and oxygen atoms in total. The fourth-order valence-corrected chi connectivity index (χ4v) is 8.62. The maximum atomic E-state index is 14.6. The molecule has 6 N–H and O–H groups in total. The van der Waals surface area contributed by atoms with Crippen LogP contribution in [0.5, 0.6) is 0 Å². The van der Waals surface area contributed by atoms with Crippen LogP contribution in [0, 0.1) is 16.7 Å². The lowest BCUT2D eigenvalue weighted by Gasteiger charge is -2.66. The molecule has 1 aromatic rings. The molecule has 3 fully saturated rings. The van der Waals surface area contributed by atoms with E-state index in [4.69, 9.17) is 18.9 Å². The number of nitrogens with one attached hydrogen (secondary N) is 1. The number of allylic oxidation sites excluding steroid dienone is 1. The Bertz CT molecular complexity index is 1670. The van der Waals surface area contributed by atoms with Crippen LogP contribution in [0.3, 0.4) is 0 Å². The second kappa shape index (κ2) is 14.1. The van der Waals surface area contributed by atoms with Gasteiger partial charge in [0.1, 0.15) is 36.1 Å². The fourth-order valence-electron chi connectivity index (χ4n) is 8.62. The smallest absolute Gasteiger partial charge is 0.408 e. The number of aliphatic hydroxyl groups is 5. The number of hydrogen-bond donors (Lipinski definition) is 6. The van der Waals surface area contributed by atoms with Gasteiger partial charge in [0.25, 0.3) is 0 Å². The molecule has 1 heterocycles. The number of hydrogen-bond acceptors (Lipinski definition) is 13. The van der Waals surface area contributed by atoms with Crippen LogP contribution in [0.1, 0.15) is 64.7 Å². The van der Waals surface area contributed by atoms with E-state index in [1.807, 2.05) is 0 Å². The Hall–Kier alpha value is -3.92. The minimum absolute atomic E-state index is 0.0443. The highest BCUT2D eigenvalue weighted by Crippen LogP contribution is 2.63. The van der Waals surface area contributed by atoms with E-state index >= 15 is 0 Å². The summed E-state index contributed by atoms with van der Waals surface area (Å²) in [5, 5.41) is 62.4. The average molecular weight is 728 g/mol. The summed E-state index contributed by atoms with van der Waals surface area (Å²) in [6.45, 7) is 12.4. The molecule has 0 aromatic heterocycles. The van der Waals surface area contributed by atoms with Gasteiger partial charge in [-0.05, 0) is 51.0 Å². The highest BCUT2D eigenvalue weighted by molar-refractivity contribution is 5.94. The van der Waals surface area contributed by atoms with Gasteiger partial charge < -0.3 is 49.8 Å². The van der Waals surface area contributed by atoms with Crippen molar-refractivity contribution >= 4 is 23.8 Å². The molecule has 0 spiro atoms. The summed E-state index contributed by atoms with van der Waals surface area (Å²) < 4.78 is 22.6. The van der Waals surface area contributed by atoms with Crippen LogP contribution in [0.4, 0.5) is 4.79 Å². The van der Waals surface area contributed by atoms with Crippen LogP contribution < -0.4 is 5.32 Å². The fraction of sp³-hybridized carbons (Fsp3) is 0.579. The quantitative estimate of drug-likeness (QED) is 0.121. The van der Waals surface area contributed by atoms with Gasteiger partial charge in [-0.2, -0.15) is 0 Å². The summed E-state index contributed by atoms with van der Waals surface area (Å²) in [6, 6.07) is 6.56. The zero-order chi connectivity index (χ0) is 38.6. The van der Waals surface area contributed by atoms with Gasteiger partial charge in [0.2, 0.25) is 0 Å². The lowest BCUT2D eigenvalue weighted by Crippen LogP contribution is -2.81. The summed E-state index contributed by atoms with van der Waals surface area (Å²) in [7, 11) is 0. The Labute approximate surface area is 302 Å². The van der Waals surface area contributed by atoms with Gasteiger partial charge in [0.15, 0.2) is 11.9 Å². The number of aliphatic hydroxyl groups excluding tert-OH is 3. The third-order valence-corrected chi connectivity index (χ3v) is 11.6. The van der Waals surface area contributed by atoms with Gasteiger partial charge in [-0.3, -0.25) is 4.79 Å². The number of ketones is 1. The molecule has 2 bridgehead atoms. The predicted molar refractivity (Wildman–Crippen MR) is 183 cm³/mol. The summed E-state index contributed by atoms with van der Waals surface area (Å²) in [4.78, 5) is 54.5. The summed E-state index contributed by atoms with van der Waals surface area (Å²) >= 11 is 0. The molecule has 2 saturated carbocycles. The number of carbonyl (C=O) groups excluding carboxylic acids is 4. The molecule has 5 rings (SSSR count). The third kappa shape index (κ3) is 6.28. The zero-order valence-corrected chi connectivity index (χ0v) is 30.2. The molecule has 1 unspecified atom stereocenters. The van der Waals surface area contributed by atoms with Crippen molar-refractivity contribution in [3.8, 4) is 0 Å². The number of ether oxygens (including phenoxy) is 4. The standard InChI is InChI=1S/C38H49NO13/c1-8-14-49-34(46)39-22(15-19(2)3)27(41)33(45)51-23-17-38(48)31(52-32(44)21-12-10-9-11-13-21)29-36(7,24(40)16-25-37(29,47)18-50-25)30(43)28(42)26(20(23)4)35(38,5)6/h8-13,15,22-25,27-29,31,40-42,47-48H,1,14,16-18H2,2-7H3,(H,39,46)/t22-,23?,24-,25+,27+,28+,29-,31-,36+,37-,38+/m0/s1. The predicted octanol–water partition coefficient (Wildman–Crippen LogP) is 1.67. The summed E-state index contributed by atoms with van der Waals surface area (Å²) in [5.41, 5.74) is -6.87. The number of esters is 2. The molecule has 14 heteroatoms. The second-order valence-corrected chi connectivity index (χ2v) is 15.3. The molecule has 1 saturated heterocycles. The maximum absolute atomic E-state index is 14.6. The van der Waals surface area contributed by atoms with Gasteiger partial charge >= 0.3 is 18.0 Å². The number of benzene rings is 1.